The quantitative estimate of drug-likeness (QED) is 0.834. The fourth-order valence-electron chi connectivity index (χ4n) is 3.86. The van der Waals surface area contributed by atoms with E-state index < -0.39 is 29.4 Å². The van der Waals surface area contributed by atoms with E-state index in [-0.39, 0.29) is 11.3 Å². The molecule has 2 atom stereocenters. The van der Waals surface area contributed by atoms with Crippen molar-refractivity contribution < 1.29 is 23.7 Å². The molecular formula is C21H15F2NO3. The molecular weight excluding hydrogens is 352 g/mol. The minimum atomic E-state index is -1.31. The minimum Gasteiger partial charge on any atom is -0.508 e. The van der Waals surface area contributed by atoms with Crippen molar-refractivity contribution >= 4 is 11.1 Å². The summed E-state index contributed by atoms with van der Waals surface area (Å²) in [5.41, 5.74) is 3.53. The van der Waals surface area contributed by atoms with Gasteiger partial charge in [0.1, 0.15) is 11.8 Å². The summed E-state index contributed by atoms with van der Waals surface area (Å²) in [5.74, 6) is -3.65. The molecule has 0 spiro atoms. The topological polar surface area (TPSA) is 73.5 Å². The van der Waals surface area contributed by atoms with E-state index in [0.29, 0.717) is 23.1 Å². The van der Waals surface area contributed by atoms with Crippen molar-refractivity contribution in [3.63, 3.8) is 0 Å². The number of rotatable bonds is 2. The molecule has 0 saturated carbocycles. The van der Waals surface area contributed by atoms with E-state index in [0.717, 1.165) is 17.2 Å². The average molecular weight is 367 g/mol. The van der Waals surface area contributed by atoms with E-state index in [1.165, 1.54) is 12.3 Å². The van der Waals surface area contributed by atoms with Gasteiger partial charge in [-0.1, -0.05) is 0 Å². The Morgan fingerprint density at radius 3 is 2.67 bits per heavy atom. The maximum absolute atomic E-state index is 14.6. The van der Waals surface area contributed by atoms with Gasteiger partial charge in [0, 0.05) is 5.56 Å². The zero-order valence-electron chi connectivity index (χ0n) is 14.3. The minimum absolute atomic E-state index is 0.0207. The molecule has 1 aliphatic heterocycles. The smallest absolute Gasteiger partial charge is 0.200 e. The summed E-state index contributed by atoms with van der Waals surface area (Å²) in [5, 5.41) is 28.9. The molecule has 0 fully saturated rings. The van der Waals surface area contributed by atoms with Crippen molar-refractivity contribution in [1.29, 1.82) is 5.26 Å². The highest BCUT2D eigenvalue weighted by molar-refractivity contribution is 5.99. The molecule has 0 aromatic heterocycles. The van der Waals surface area contributed by atoms with Gasteiger partial charge in [0.15, 0.2) is 17.7 Å². The van der Waals surface area contributed by atoms with Crippen LogP contribution in [0.15, 0.2) is 36.6 Å². The number of ether oxygens (including phenoxy) is 1. The molecule has 1 aliphatic carbocycles. The molecule has 2 aliphatic rings. The first-order valence-electron chi connectivity index (χ1n) is 8.37. The number of aryl methyl sites for hydroxylation is 1. The highest BCUT2D eigenvalue weighted by Crippen LogP contribution is 2.48. The second kappa shape index (κ2) is 6.13. The molecule has 0 amide bonds. The Morgan fingerprint density at radius 2 is 1.93 bits per heavy atom. The Balaban J connectivity index is 1.99. The van der Waals surface area contributed by atoms with E-state index in [4.69, 9.17) is 4.74 Å². The summed E-state index contributed by atoms with van der Waals surface area (Å²) in [6.07, 6.45) is 2.64. The molecule has 4 nitrogen and oxygen atoms in total. The first-order chi connectivity index (χ1) is 12.9. The lowest BCUT2D eigenvalue weighted by atomic mass is 9.86. The van der Waals surface area contributed by atoms with Crippen LogP contribution >= 0.6 is 0 Å². The van der Waals surface area contributed by atoms with Gasteiger partial charge in [0.05, 0.1) is 12.2 Å². The van der Waals surface area contributed by atoms with Crippen LogP contribution < -0.4 is 0 Å². The molecule has 2 aromatic carbocycles. The molecule has 0 radical (unpaired) electrons. The lowest BCUT2D eigenvalue weighted by molar-refractivity contribution is 0.203. The fourth-order valence-corrected chi connectivity index (χ4v) is 3.86. The summed E-state index contributed by atoms with van der Waals surface area (Å²) < 4.78 is 33.9. The van der Waals surface area contributed by atoms with Gasteiger partial charge in [-0.05, 0) is 71.5 Å². The van der Waals surface area contributed by atoms with Crippen molar-refractivity contribution in [2.45, 2.75) is 19.4 Å². The molecule has 0 saturated heterocycles. The Hall–Kier alpha value is -3.33. The fraction of sp³-hybridized carbons (Fsp3) is 0.190. The zero-order valence-corrected chi connectivity index (χ0v) is 14.3. The van der Waals surface area contributed by atoms with Crippen LogP contribution in [-0.2, 0) is 11.2 Å². The molecule has 4 rings (SSSR count). The Bertz CT molecular complexity index is 1070. The number of phenols is 2. The van der Waals surface area contributed by atoms with Crippen molar-refractivity contribution in [3.05, 3.63) is 70.5 Å². The van der Waals surface area contributed by atoms with Crippen LogP contribution in [0.5, 0.6) is 11.5 Å². The van der Waals surface area contributed by atoms with Crippen molar-refractivity contribution in [2.24, 2.45) is 5.92 Å². The van der Waals surface area contributed by atoms with Crippen LogP contribution in [-0.4, -0.2) is 16.3 Å². The third kappa shape index (κ3) is 2.55. The first-order valence-corrected chi connectivity index (χ1v) is 8.37. The molecule has 2 unspecified atom stereocenters. The predicted octanol–water partition coefficient (Wildman–Crippen LogP) is 4.20. The largest absolute Gasteiger partial charge is 0.508 e. The van der Waals surface area contributed by atoms with Crippen molar-refractivity contribution in [1.82, 2.24) is 0 Å². The Morgan fingerprint density at radius 1 is 1.15 bits per heavy atom. The maximum Gasteiger partial charge on any atom is 0.200 e. The summed E-state index contributed by atoms with van der Waals surface area (Å²) in [6.45, 7) is 1.83. The highest BCUT2D eigenvalue weighted by atomic mass is 19.2. The molecule has 0 bridgehead atoms. The van der Waals surface area contributed by atoms with Crippen LogP contribution in [0.3, 0.4) is 0 Å². The van der Waals surface area contributed by atoms with Crippen molar-refractivity contribution in [3.8, 4) is 17.6 Å². The van der Waals surface area contributed by atoms with E-state index >= 15 is 0 Å². The van der Waals surface area contributed by atoms with Gasteiger partial charge in [-0.15, -0.1) is 0 Å². The maximum atomic E-state index is 14.6. The number of benzene rings is 2. The van der Waals surface area contributed by atoms with Crippen molar-refractivity contribution in [2.75, 3.05) is 0 Å². The third-order valence-electron chi connectivity index (χ3n) is 5.11. The number of nitriles is 1. The molecule has 2 N–H and O–H groups in total. The summed E-state index contributed by atoms with van der Waals surface area (Å²) in [7, 11) is 0. The molecule has 27 heavy (non-hydrogen) atoms. The third-order valence-corrected chi connectivity index (χ3v) is 5.11. The van der Waals surface area contributed by atoms with E-state index in [2.05, 4.69) is 6.07 Å². The van der Waals surface area contributed by atoms with E-state index in [9.17, 15) is 24.3 Å². The Labute approximate surface area is 154 Å². The number of aromatic hydroxyl groups is 2. The highest BCUT2D eigenvalue weighted by Gasteiger charge is 2.37. The monoisotopic (exact) mass is 367 g/mol. The normalized spacial score (nSPS) is 20.5. The Kier molecular flexibility index (Phi) is 3.88. The summed E-state index contributed by atoms with van der Waals surface area (Å²) in [6, 6.07) is 7.68. The van der Waals surface area contributed by atoms with Gasteiger partial charge in [-0.3, -0.25) is 0 Å². The summed E-state index contributed by atoms with van der Waals surface area (Å²) in [4.78, 5) is 0. The molecule has 136 valence electrons. The second-order valence-electron chi connectivity index (χ2n) is 6.66. The van der Waals surface area contributed by atoms with Gasteiger partial charge < -0.3 is 14.9 Å². The summed E-state index contributed by atoms with van der Waals surface area (Å²) >= 11 is 0. The van der Waals surface area contributed by atoms with E-state index in [1.54, 1.807) is 18.2 Å². The molecule has 1 heterocycles. The number of allylic oxidation sites excluding steroid dienone is 1. The number of hydrogen-bond acceptors (Lipinski definition) is 4. The lowest BCUT2D eigenvalue weighted by Gasteiger charge is -2.18. The van der Waals surface area contributed by atoms with Gasteiger partial charge in [-0.2, -0.15) is 9.65 Å². The molecule has 2 aromatic rings. The number of nitrogens with zero attached hydrogens (tertiary/aromatic N) is 1. The van der Waals surface area contributed by atoms with Crippen LogP contribution in [0.1, 0.15) is 22.3 Å². The zero-order chi connectivity index (χ0) is 19.3. The van der Waals surface area contributed by atoms with E-state index in [1.807, 2.05) is 6.92 Å². The average Bonchev–Trinajstić information content (AvgIpc) is 3.23. The van der Waals surface area contributed by atoms with Gasteiger partial charge in [0.2, 0.25) is 5.82 Å². The second-order valence-corrected chi connectivity index (χ2v) is 6.66. The first kappa shape index (κ1) is 17.1. The van der Waals surface area contributed by atoms with Crippen LogP contribution in [0.4, 0.5) is 8.78 Å². The van der Waals surface area contributed by atoms with Gasteiger partial charge in [0.25, 0.3) is 0 Å². The SMILES string of the molecule is Cc1cc(O)cc2c1CC(c1ccc(O)c(F)c1F)=C2C1C=COC1C#N. The lowest BCUT2D eigenvalue weighted by Crippen LogP contribution is -2.16. The van der Waals surface area contributed by atoms with Crippen LogP contribution in [0, 0.1) is 35.8 Å². The standard InChI is InChI=1S/C21H15F2NO3/c1-10-6-11(25)7-15-14(10)8-16(12-2-3-17(26)21(23)20(12)22)19(15)13-4-5-27-18(13)9-24/h2-7,13,18,25-26H,8H2,1H3. The van der Waals surface area contributed by atoms with Gasteiger partial charge in [-0.25, -0.2) is 4.39 Å². The number of phenolic OH excluding ortho intramolecular Hbond substituents is 2. The predicted molar refractivity (Wildman–Crippen MR) is 94.5 cm³/mol. The molecule has 6 heteroatoms. The number of halogens is 2. The number of fused-ring (bicyclic) bond motifs is 1. The van der Waals surface area contributed by atoms with Crippen LogP contribution in [0.25, 0.3) is 11.1 Å². The number of hydrogen-bond donors (Lipinski definition) is 2. The van der Waals surface area contributed by atoms with Gasteiger partial charge >= 0.3 is 0 Å². The van der Waals surface area contributed by atoms with Crippen LogP contribution in [0.2, 0.25) is 0 Å².